The summed E-state index contributed by atoms with van der Waals surface area (Å²) in [6, 6.07) is 13.7. The Kier molecular flexibility index (Phi) is 8.76. The van der Waals surface area contributed by atoms with Gasteiger partial charge in [0.1, 0.15) is 11.6 Å². The molecule has 3 amide bonds. The molecule has 0 spiro atoms. The van der Waals surface area contributed by atoms with Crippen molar-refractivity contribution in [3.8, 4) is 11.3 Å². The van der Waals surface area contributed by atoms with E-state index in [4.69, 9.17) is 0 Å². The zero-order valence-corrected chi connectivity index (χ0v) is 20.6. The van der Waals surface area contributed by atoms with Crippen LogP contribution >= 0.6 is 22.6 Å². The molecule has 3 aromatic rings. The molecule has 1 saturated heterocycles. The maximum absolute atomic E-state index is 13.5. The SMILES string of the molecule is C.CN(C(=O)Nc1ccc(-c2cc(F)cc(F)c2)nc1)C1CCN(C(=O)c2ccccc2I)CC1. The lowest BCUT2D eigenvalue weighted by molar-refractivity contribution is 0.0670. The van der Waals surface area contributed by atoms with E-state index in [1.165, 1.54) is 18.3 Å². The lowest BCUT2D eigenvalue weighted by Gasteiger charge is -2.36. The number of carbonyl (C=O) groups excluding carboxylic acids is 2. The average molecular weight is 592 g/mol. The second kappa shape index (κ2) is 11.6. The van der Waals surface area contributed by atoms with Gasteiger partial charge in [0, 0.05) is 41.4 Å². The molecule has 2 aromatic carbocycles. The smallest absolute Gasteiger partial charge is 0.321 e. The highest BCUT2D eigenvalue weighted by Gasteiger charge is 2.28. The van der Waals surface area contributed by atoms with Crippen molar-refractivity contribution in [2.45, 2.75) is 26.3 Å². The highest BCUT2D eigenvalue weighted by atomic mass is 127. The Morgan fingerprint density at radius 2 is 1.71 bits per heavy atom. The van der Waals surface area contributed by atoms with Gasteiger partial charge in [-0.05, 0) is 71.8 Å². The van der Waals surface area contributed by atoms with Crippen molar-refractivity contribution in [2.75, 3.05) is 25.5 Å². The first-order valence-corrected chi connectivity index (χ1v) is 11.9. The third-order valence-electron chi connectivity index (χ3n) is 5.90. The zero-order chi connectivity index (χ0) is 24.2. The molecule has 9 heteroatoms. The summed E-state index contributed by atoms with van der Waals surface area (Å²) >= 11 is 2.17. The van der Waals surface area contributed by atoms with Gasteiger partial charge in [0.2, 0.25) is 0 Å². The minimum absolute atomic E-state index is 0. The van der Waals surface area contributed by atoms with Crippen LogP contribution in [0.25, 0.3) is 11.3 Å². The molecule has 4 rings (SSSR count). The van der Waals surface area contributed by atoms with Gasteiger partial charge < -0.3 is 15.1 Å². The summed E-state index contributed by atoms with van der Waals surface area (Å²) in [6.07, 6.45) is 2.81. The standard InChI is InChI=1S/C25H23F2IN4O2.CH4/c1-31(20-8-10-32(11-9-20)24(33)21-4-2-3-5-22(21)28)25(34)30-19-6-7-23(29-15-19)16-12-17(26)14-18(27)13-16;/h2-7,12-15,20H,8-11H2,1H3,(H,30,34);1H4. The molecule has 0 bridgehead atoms. The Hall–Kier alpha value is -3.08. The first kappa shape index (κ1) is 26.5. The molecule has 1 aliphatic heterocycles. The summed E-state index contributed by atoms with van der Waals surface area (Å²) in [6.45, 7) is 1.15. The fraction of sp³-hybridized carbons (Fsp3) is 0.269. The van der Waals surface area contributed by atoms with Gasteiger partial charge in [0.15, 0.2) is 0 Å². The van der Waals surface area contributed by atoms with E-state index < -0.39 is 11.6 Å². The molecule has 1 aromatic heterocycles. The molecule has 1 N–H and O–H groups in total. The lowest BCUT2D eigenvalue weighted by atomic mass is 10.0. The van der Waals surface area contributed by atoms with E-state index in [0.29, 0.717) is 48.4 Å². The summed E-state index contributed by atoms with van der Waals surface area (Å²) in [7, 11) is 1.73. The molecule has 1 aliphatic rings. The van der Waals surface area contributed by atoms with Crippen LogP contribution in [0.5, 0.6) is 0 Å². The van der Waals surface area contributed by atoms with E-state index in [0.717, 1.165) is 9.64 Å². The Bertz CT molecular complexity index is 1180. The number of nitrogens with zero attached hydrogens (tertiary/aromatic N) is 3. The summed E-state index contributed by atoms with van der Waals surface area (Å²) in [5.41, 5.74) is 1.89. The number of benzene rings is 2. The van der Waals surface area contributed by atoms with E-state index in [1.54, 1.807) is 24.1 Å². The minimum Gasteiger partial charge on any atom is -0.338 e. The fourth-order valence-electron chi connectivity index (χ4n) is 3.98. The van der Waals surface area contributed by atoms with Gasteiger partial charge >= 0.3 is 6.03 Å². The van der Waals surface area contributed by atoms with Crippen LogP contribution < -0.4 is 5.32 Å². The quantitative estimate of drug-likeness (QED) is 0.376. The van der Waals surface area contributed by atoms with Crippen molar-refractivity contribution < 1.29 is 18.4 Å². The number of halogens is 3. The number of hydrogen-bond acceptors (Lipinski definition) is 3. The second-order valence-corrected chi connectivity index (χ2v) is 9.30. The lowest BCUT2D eigenvalue weighted by Crippen LogP contribution is -2.48. The number of rotatable bonds is 4. The number of urea groups is 1. The normalized spacial score (nSPS) is 13.7. The zero-order valence-electron chi connectivity index (χ0n) is 18.5. The molecule has 2 heterocycles. The number of aromatic nitrogens is 1. The number of carbonyl (C=O) groups is 2. The number of nitrogens with one attached hydrogen (secondary N) is 1. The third-order valence-corrected chi connectivity index (χ3v) is 6.84. The van der Waals surface area contributed by atoms with Gasteiger partial charge in [-0.2, -0.15) is 0 Å². The van der Waals surface area contributed by atoms with Crippen molar-refractivity contribution in [1.29, 1.82) is 0 Å². The number of piperidine rings is 1. The van der Waals surface area contributed by atoms with Crippen LogP contribution in [0.1, 0.15) is 30.6 Å². The van der Waals surface area contributed by atoms with E-state index in [9.17, 15) is 18.4 Å². The van der Waals surface area contributed by atoms with Gasteiger partial charge in [-0.1, -0.05) is 19.6 Å². The molecule has 1 fully saturated rings. The molecule has 0 saturated carbocycles. The van der Waals surface area contributed by atoms with E-state index in [2.05, 4.69) is 32.9 Å². The molecule has 184 valence electrons. The molecule has 0 radical (unpaired) electrons. The summed E-state index contributed by atoms with van der Waals surface area (Å²) in [4.78, 5) is 33.2. The Labute approximate surface area is 217 Å². The molecule has 0 aliphatic carbocycles. The fourth-order valence-corrected chi connectivity index (χ4v) is 4.60. The molecule has 6 nitrogen and oxygen atoms in total. The number of likely N-dealkylation sites (tertiary alicyclic amines) is 1. The maximum Gasteiger partial charge on any atom is 0.321 e. The van der Waals surface area contributed by atoms with Crippen LogP contribution in [-0.4, -0.2) is 52.9 Å². The Morgan fingerprint density at radius 1 is 1.06 bits per heavy atom. The van der Waals surface area contributed by atoms with Crippen molar-refractivity contribution in [2.24, 2.45) is 0 Å². The van der Waals surface area contributed by atoms with Crippen LogP contribution in [0.15, 0.2) is 60.8 Å². The number of anilines is 1. The van der Waals surface area contributed by atoms with Crippen LogP contribution in [0, 0.1) is 15.2 Å². The average Bonchev–Trinajstić information content (AvgIpc) is 2.83. The van der Waals surface area contributed by atoms with Crippen LogP contribution in [-0.2, 0) is 0 Å². The molecule has 0 atom stereocenters. The second-order valence-electron chi connectivity index (χ2n) is 8.13. The van der Waals surface area contributed by atoms with Crippen LogP contribution in [0.2, 0.25) is 0 Å². The van der Waals surface area contributed by atoms with Crippen LogP contribution in [0.4, 0.5) is 19.3 Å². The highest BCUT2D eigenvalue weighted by molar-refractivity contribution is 14.1. The van der Waals surface area contributed by atoms with E-state index in [-0.39, 0.29) is 25.4 Å². The first-order valence-electron chi connectivity index (χ1n) is 10.8. The van der Waals surface area contributed by atoms with E-state index in [1.807, 2.05) is 29.2 Å². The van der Waals surface area contributed by atoms with Gasteiger partial charge in [0.05, 0.1) is 23.1 Å². The number of pyridine rings is 1. The summed E-state index contributed by atoms with van der Waals surface area (Å²) in [5.74, 6) is -1.34. The maximum atomic E-state index is 13.5. The van der Waals surface area contributed by atoms with E-state index >= 15 is 0 Å². The third kappa shape index (κ3) is 6.33. The summed E-state index contributed by atoms with van der Waals surface area (Å²) in [5, 5.41) is 2.80. The largest absolute Gasteiger partial charge is 0.338 e. The molecule has 35 heavy (non-hydrogen) atoms. The monoisotopic (exact) mass is 592 g/mol. The Morgan fingerprint density at radius 3 is 2.31 bits per heavy atom. The van der Waals surface area contributed by atoms with Crippen molar-refractivity contribution in [1.82, 2.24) is 14.8 Å². The summed E-state index contributed by atoms with van der Waals surface area (Å²) < 4.78 is 27.8. The van der Waals surface area contributed by atoms with Crippen molar-refractivity contribution in [3.63, 3.8) is 0 Å². The van der Waals surface area contributed by atoms with Gasteiger partial charge in [-0.25, -0.2) is 13.6 Å². The predicted molar refractivity (Wildman–Crippen MR) is 141 cm³/mol. The topological polar surface area (TPSA) is 65.5 Å². The van der Waals surface area contributed by atoms with Crippen molar-refractivity contribution in [3.05, 3.63) is 81.6 Å². The highest BCUT2D eigenvalue weighted by Crippen LogP contribution is 2.23. The molecular formula is C26H27F2IN4O2. The number of hydrogen-bond donors (Lipinski definition) is 1. The molecule has 0 unspecified atom stereocenters. The van der Waals surface area contributed by atoms with Gasteiger partial charge in [-0.15, -0.1) is 0 Å². The van der Waals surface area contributed by atoms with Gasteiger partial charge in [-0.3, -0.25) is 9.78 Å². The van der Waals surface area contributed by atoms with Crippen LogP contribution in [0.3, 0.4) is 0 Å². The van der Waals surface area contributed by atoms with Crippen molar-refractivity contribution >= 4 is 40.2 Å². The minimum atomic E-state index is -0.679. The number of amides is 3. The Balaban J connectivity index is 0.00000342. The molecular weight excluding hydrogens is 565 g/mol. The first-order chi connectivity index (χ1) is 16.3. The van der Waals surface area contributed by atoms with Gasteiger partial charge in [0.25, 0.3) is 5.91 Å². The predicted octanol–water partition coefficient (Wildman–Crippen LogP) is 6.04.